The lowest BCUT2D eigenvalue weighted by molar-refractivity contribution is 0.471. The molecule has 0 amide bonds. The molecule has 0 radical (unpaired) electrons. The van der Waals surface area contributed by atoms with Crippen LogP contribution in [-0.2, 0) is 6.42 Å². The third-order valence-corrected chi connectivity index (χ3v) is 1.71. The zero-order valence-corrected chi connectivity index (χ0v) is 7.16. The average Bonchev–Trinajstić information content (AvgIpc) is 2.29. The minimum atomic E-state index is -0.369. The van der Waals surface area contributed by atoms with Gasteiger partial charge < -0.3 is 5.11 Å². The summed E-state index contributed by atoms with van der Waals surface area (Å²) in [4.78, 5) is 11.0. The Bertz CT molecular complexity index is 388. The van der Waals surface area contributed by atoms with E-state index >= 15 is 0 Å². The highest BCUT2D eigenvalue weighted by molar-refractivity contribution is 5.24. The van der Waals surface area contributed by atoms with Crippen molar-refractivity contribution in [2.24, 2.45) is 0 Å². The van der Waals surface area contributed by atoms with Gasteiger partial charge in [0.25, 0.3) is 0 Å². The molecule has 0 aliphatic heterocycles. The first-order valence-electron chi connectivity index (χ1n) is 3.99. The van der Waals surface area contributed by atoms with Gasteiger partial charge in [0.05, 0.1) is 0 Å². The lowest BCUT2D eigenvalue weighted by Gasteiger charge is -1.89. The molecular formula is C11H10O2. The zero-order chi connectivity index (χ0) is 9.68. The van der Waals surface area contributed by atoms with Crippen LogP contribution in [0, 0.1) is 12.3 Å². The van der Waals surface area contributed by atoms with Gasteiger partial charge in [-0.2, -0.15) is 0 Å². The van der Waals surface area contributed by atoms with E-state index in [2.05, 4.69) is 5.92 Å². The number of terminal acetylenes is 1. The summed E-state index contributed by atoms with van der Waals surface area (Å²) in [6.07, 6.45) is 6.47. The highest BCUT2D eigenvalue weighted by Gasteiger charge is 1.93. The van der Waals surface area contributed by atoms with Crippen LogP contribution in [0.1, 0.15) is 12.0 Å². The Balaban J connectivity index is 2.97. The van der Waals surface area contributed by atoms with E-state index in [-0.39, 0.29) is 11.2 Å². The smallest absolute Gasteiger partial charge is 0.220 e. The number of aromatic hydroxyl groups is 1. The Morgan fingerprint density at radius 3 is 2.69 bits per heavy atom. The molecule has 1 N–H and O–H groups in total. The molecule has 0 heterocycles. The molecule has 1 aromatic carbocycles. The Hall–Kier alpha value is -1.75. The van der Waals surface area contributed by atoms with E-state index < -0.39 is 0 Å². The number of hydrogen-bond acceptors (Lipinski definition) is 2. The number of rotatable bonds is 2. The molecule has 0 unspecified atom stereocenters. The maximum Gasteiger partial charge on any atom is 0.220 e. The second kappa shape index (κ2) is 4.32. The summed E-state index contributed by atoms with van der Waals surface area (Å²) < 4.78 is 0. The monoisotopic (exact) mass is 174 g/mol. The lowest BCUT2D eigenvalue weighted by Crippen LogP contribution is -1.91. The van der Waals surface area contributed by atoms with E-state index in [1.54, 1.807) is 12.1 Å². The Kier molecular flexibility index (Phi) is 3.10. The largest absolute Gasteiger partial charge is 0.504 e. The molecule has 66 valence electrons. The summed E-state index contributed by atoms with van der Waals surface area (Å²) in [6, 6.07) is 6.13. The molecule has 0 bridgehead atoms. The standard InChI is InChI=1S/C11H10O2/c1-2-3-4-9-5-7-10(12)11(13)8-6-9/h1,5-8H,3-4H2,(H,12,13). The van der Waals surface area contributed by atoms with Crippen LogP contribution in [0.3, 0.4) is 0 Å². The van der Waals surface area contributed by atoms with Crippen LogP contribution in [0.5, 0.6) is 5.75 Å². The predicted octanol–water partition coefficient (Wildman–Crippen LogP) is 1.32. The van der Waals surface area contributed by atoms with Crippen LogP contribution in [0.25, 0.3) is 0 Å². The molecule has 0 saturated carbocycles. The van der Waals surface area contributed by atoms with Crippen molar-refractivity contribution in [1.29, 1.82) is 0 Å². The van der Waals surface area contributed by atoms with Crippen LogP contribution in [-0.4, -0.2) is 5.11 Å². The zero-order valence-electron chi connectivity index (χ0n) is 7.16. The van der Waals surface area contributed by atoms with Crippen molar-refractivity contribution >= 4 is 0 Å². The fraction of sp³-hybridized carbons (Fsp3) is 0.182. The van der Waals surface area contributed by atoms with Gasteiger partial charge in [-0.3, -0.25) is 4.79 Å². The van der Waals surface area contributed by atoms with Gasteiger partial charge in [-0.15, -0.1) is 12.3 Å². The number of hydrogen-bond donors (Lipinski definition) is 1. The van der Waals surface area contributed by atoms with Gasteiger partial charge in [0.1, 0.15) is 0 Å². The normalized spacial score (nSPS) is 9.15. The van der Waals surface area contributed by atoms with E-state index in [0.29, 0.717) is 6.42 Å². The number of aryl methyl sites for hydroxylation is 1. The summed E-state index contributed by atoms with van der Waals surface area (Å²) in [5, 5.41) is 9.08. The van der Waals surface area contributed by atoms with Gasteiger partial charge in [-0.05, 0) is 24.1 Å². The van der Waals surface area contributed by atoms with Crippen molar-refractivity contribution in [3.8, 4) is 18.1 Å². The Morgan fingerprint density at radius 2 is 2.00 bits per heavy atom. The quantitative estimate of drug-likeness (QED) is 0.686. The summed E-state index contributed by atoms with van der Waals surface area (Å²) >= 11 is 0. The predicted molar refractivity (Wildman–Crippen MR) is 51.5 cm³/mol. The summed E-state index contributed by atoms with van der Waals surface area (Å²) in [7, 11) is 0. The van der Waals surface area contributed by atoms with E-state index in [4.69, 9.17) is 11.5 Å². The van der Waals surface area contributed by atoms with E-state index in [0.717, 1.165) is 12.0 Å². The molecule has 2 nitrogen and oxygen atoms in total. The van der Waals surface area contributed by atoms with Gasteiger partial charge in [0, 0.05) is 6.42 Å². The molecular weight excluding hydrogens is 164 g/mol. The molecule has 1 rings (SSSR count). The Morgan fingerprint density at radius 1 is 1.31 bits per heavy atom. The fourth-order valence-corrected chi connectivity index (χ4v) is 0.975. The van der Waals surface area contributed by atoms with Crippen molar-refractivity contribution < 1.29 is 5.11 Å². The first-order valence-corrected chi connectivity index (χ1v) is 3.99. The van der Waals surface area contributed by atoms with Gasteiger partial charge in [0.2, 0.25) is 5.43 Å². The van der Waals surface area contributed by atoms with Crippen molar-refractivity contribution in [3.63, 3.8) is 0 Å². The second-order valence-electron chi connectivity index (χ2n) is 2.70. The maximum atomic E-state index is 11.0. The molecule has 0 spiro atoms. The summed E-state index contributed by atoms with van der Waals surface area (Å²) in [5.74, 6) is 2.29. The first kappa shape index (κ1) is 9.34. The Labute approximate surface area is 76.9 Å². The molecule has 0 atom stereocenters. The molecule has 2 heteroatoms. The average molecular weight is 174 g/mol. The lowest BCUT2D eigenvalue weighted by atomic mass is 10.2. The van der Waals surface area contributed by atoms with Crippen LogP contribution < -0.4 is 5.43 Å². The van der Waals surface area contributed by atoms with E-state index in [1.807, 2.05) is 0 Å². The molecule has 0 aromatic heterocycles. The third-order valence-electron chi connectivity index (χ3n) is 1.71. The van der Waals surface area contributed by atoms with Gasteiger partial charge >= 0.3 is 0 Å². The molecule has 0 saturated heterocycles. The SMILES string of the molecule is C#CCCc1ccc(O)c(=O)cc1. The maximum absolute atomic E-state index is 11.0. The van der Waals surface area contributed by atoms with Gasteiger partial charge in [0.15, 0.2) is 5.75 Å². The molecule has 1 aromatic rings. The van der Waals surface area contributed by atoms with E-state index in [1.165, 1.54) is 12.1 Å². The minimum absolute atomic E-state index is 0.230. The second-order valence-corrected chi connectivity index (χ2v) is 2.70. The molecule has 0 aliphatic carbocycles. The highest BCUT2D eigenvalue weighted by Crippen LogP contribution is 2.03. The van der Waals surface area contributed by atoms with Crippen molar-refractivity contribution in [2.45, 2.75) is 12.8 Å². The molecule has 0 fully saturated rings. The fourth-order valence-electron chi connectivity index (χ4n) is 0.975. The van der Waals surface area contributed by atoms with Gasteiger partial charge in [-0.25, -0.2) is 0 Å². The van der Waals surface area contributed by atoms with E-state index in [9.17, 15) is 4.79 Å². The highest BCUT2D eigenvalue weighted by atomic mass is 16.3. The van der Waals surface area contributed by atoms with Gasteiger partial charge in [-0.1, -0.05) is 12.1 Å². The first-order chi connectivity index (χ1) is 6.24. The summed E-state index contributed by atoms with van der Waals surface area (Å²) in [5.41, 5.74) is 0.585. The third kappa shape index (κ3) is 2.64. The topological polar surface area (TPSA) is 37.3 Å². The molecule has 13 heavy (non-hydrogen) atoms. The molecule has 0 aliphatic rings. The summed E-state index contributed by atoms with van der Waals surface area (Å²) in [6.45, 7) is 0. The minimum Gasteiger partial charge on any atom is -0.504 e. The van der Waals surface area contributed by atoms with Crippen LogP contribution >= 0.6 is 0 Å². The van der Waals surface area contributed by atoms with Crippen LogP contribution in [0.15, 0.2) is 29.1 Å². The van der Waals surface area contributed by atoms with Crippen LogP contribution in [0.4, 0.5) is 0 Å². The van der Waals surface area contributed by atoms with Crippen molar-refractivity contribution in [2.75, 3.05) is 0 Å². The van der Waals surface area contributed by atoms with Crippen LogP contribution in [0.2, 0.25) is 0 Å². The van der Waals surface area contributed by atoms with Crippen molar-refractivity contribution in [3.05, 3.63) is 40.1 Å². The van der Waals surface area contributed by atoms with Crippen molar-refractivity contribution in [1.82, 2.24) is 0 Å².